The molecule has 0 aliphatic carbocycles. The van der Waals surface area contributed by atoms with Crippen molar-refractivity contribution in [2.45, 2.75) is 52.1 Å². The molecule has 0 bridgehead atoms. The number of halogens is 1. The molecule has 0 radical (unpaired) electrons. The van der Waals surface area contributed by atoms with Crippen molar-refractivity contribution in [1.29, 1.82) is 0 Å². The number of nitrogens with zero attached hydrogens (tertiary/aromatic N) is 1. The van der Waals surface area contributed by atoms with Crippen molar-refractivity contribution in [3.05, 3.63) is 106 Å². The third kappa shape index (κ3) is 7.46. The average molecular weight is 477 g/mol. The molecule has 2 amide bonds. The lowest BCUT2D eigenvalue weighted by Gasteiger charge is -2.32. The molecule has 0 aliphatic rings. The Bertz CT molecular complexity index is 1080. The Morgan fingerprint density at radius 2 is 1.65 bits per heavy atom. The molecule has 3 aromatic carbocycles. The number of carbonyl (C=O) groups excluding carboxylic acids is 2. The molecular weight excluding hydrogens is 444 g/mol. The monoisotopic (exact) mass is 476 g/mol. The minimum atomic E-state index is -0.630. The standard InChI is InChI=1S/C29H33ClN2O2/c1-3-4-17-31-29(34)27(19-23-12-6-5-7-13-23)32(21-24-14-10-11-22(2)18-24)28(33)20-25-15-8-9-16-26(25)30/h5-16,18,27H,3-4,17,19-21H2,1-2H3,(H,31,34)/t27-/m1/s1. The van der Waals surface area contributed by atoms with Gasteiger partial charge < -0.3 is 10.2 Å². The van der Waals surface area contributed by atoms with E-state index in [0.717, 1.165) is 35.1 Å². The highest BCUT2D eigenvalue weighted by Crippen LogP contribution is 2.20. The second-order valence-corrected chi connectivity index (χ2v) is 9.04. The molecule has 0 saturated heterocycles. The summed E-state index contributed by atoms with van der Waals surface area (Å²) in [5.74, 6) is -0.251. The summed E-state index contributed by atoms with van der Waals surface area (Å²) in [4.78, 5) is 28.8. The Hall–Kier alpha value is -3.11. The molecule has 3 aromatic rings. The molecule has 0 aromatic heterocycles. The fourth-order valence-corrected chi connectivity index (χ4v) is 4.18. The van der Waals surface area contributed by atoms with Crippen LogP contribution in [-0.4, -0.2) is 29.3 Å². The Morgan fingerprint density at radius 3 is 2.35 bits per heavy atom. The van der Waals surface area contributed by atoms with Gasteiger partial charge in [0.2, 0.25) is 11.8 Å². The van der Waals surface area contributed by atoms with Crippen LogP contribution in [0.25, 0.3) is 0 Å². The number of benzene rings is 3. The average Bonchev–Trinajstić information content (AvgIpc) is 2.83. The highest BCUT2D eigenvalue weighted by molar-refractivity contribution is 6.31. The molecule has 0 spiro atoms. The van der Waals surface area contributed by atoms with Gasteiger partial charge in [-0.1, -0.05) is 103 Å². The molecule has 34 heavy (non-hydrogen) atoms. The number of rotatable bonds is 11. The first-order valence-electron chi connectivity index (χ1n) is 11.9. The summed E-state index contributed by atoms with van der Waals surface area (Å²) in [6.07, 6.45) is 2.47. The summed E-state index contributed by atoms with van der Waals surface area (Å²) in [5, 5.41) is 3.61. The lowest BCUT2D eigenvalue weighted by atomic mass is 10.0. The third-order valence-corrected chi connectivity index (χ3v) is 6.20. The van der Waals surface area contributed by atoms with Gasteiger partial charge in [0.25, 0.3) is 0 Å². The minimum Gasteiger partial charge on any atom is -0.354 e. The summed E-state index contributed by atoms with van der Waals surface area (Å²) in [6, 6.07) is 24.7. The summed E-state index contributed by atoms with van der Waals surface area (Å²) < 4.78 is 0. The Morgan fingerprint density at radius 1 is 0.941 bits per heavy atom. The highest BCUT2D eigenvalue weighted by atomic mass is 35.5. The van der Waals surface area contributed by atoms with Crippen molar-refractivity contribution in [3.63, 3.8) is 0 Å². The van der Waals surface area contributed by atoms with Crippen LogP contribution >= 0.6 is 11.6 Å². The normalized spacial score (nSPS) is 11.6. The van der Waals surface area contributed by atoms with Gasteiger partial charge in [-0.05, 0) is 36.1 Å². The lowest BCUT2D eigenvalue weighted by Crippen LogP contribution is -2.51. The van der Waals surface area contributed by atoms with Crippen molar-refractivity contribution in [2.75, 3.05) is 6.54 Å². The molecule has 0 saturated carbocycles. The van der Waals surface area contributed by atoms with Gasteiger partial charge in [0.15, 0.2) is 0 Å². The quantitative estimate of drug-likeness (QED) is 0.358. The first-order chi connectivity index (χ1) is 16.5. The number of unbranched alkanes of at least 4 members (excludes halogenated alkanes) is 1. The van der Waals surface area contributed by atoms with Crippen LogP contribution in [0.5, 0.6) is 0 Å². The van der Waals surface area contributed by atoms with Crippen LogP contribution < -0.4 is 5.32 Å². The molecule has 178 valence electrons. The Kier molecular flexibility index (Phi) is 9.72. The van der Waals surface area contributed by atoms with Gasteiger partial charge in [0.05, 0.1) is 6.42 Å². The molecule has 0 unspecified atom stereocenters. The van der Waals surface area contributed by atoms with Crippen LogP contribution in [0.4, 0.5) is 0 Å². The van der Waals surface area contributed by atoms with Gasteiger partial charge in [0, 0.05) is 24.5 Å². The zero-order valence-corrected chi connectivity index (χ0v) is 20.7. The Labute approximate surface area is 207 Å². The van der Waals surface area contributed by atoms with Gasteiger partial charge in [-0.3, -0.25) is 9.59 Å². The maximum Gasteiger partial charge on any atom is 0.243 e. The van der Waals surface area contributed by atoms with Gasteiger partial charge in [-0.2, -0.15) is 0 Å². The maximum absolute atomic E-state index is 13.7. The molecule has 3 rings (SSSR count). The molecule has 1 atom stereocenters. The highest BCUT2D eigenvalue weighted by Gasteiger charge is 2.30. The maximum atomic E-state index is 13.7. The lowest BCUT2D eigenvalue weighted by molar-refractivity contribution is -0.140. The predicted octanol–water partition coefficient (Wildman–Crippen LogP) is 5.75. The van der Waals surface area contributed by atoms with E-state index in [1.807, 2.05) is 73.7 Å². The van der Waals surface area contributed by atoms with E-state index in [1.165, 1.54) is 0 Å². The van der Waals surface area contributed by atoms with Gasteiger partial charge in [-0.25, -0.2) is 0 Å². The van der Waals surface area contributed by atoms with Gasteiger partial charge in [0.1, 0.15) is 6.04 Å². The fourth-order valence-electron chi connectivity index (χ4n) is 3.97. The molecule has 0 fully saturated rings. The van der Waals surface area contributed by atoms with Gasteiger partial charge in [-0.15, -0.1) is 0 Å². The third-order valence-electron chi connectivity index (χ3n) is 5.84. The van der Waals surface area contributed by atoms with E-state index in [-0.39, 0.29) is 18.2 Å². The SMILES string of the molecule is CCCCNC(=O)[C@@H](Cc1ccccc1)N(Cc1cccc(C)c1)C(=O)Cc1ccccc1Cl. The zero-order chi connectivity index (χ0) is 24.3. The fraction of sp³-hybridized carbons (Fsp3) is 0.310. The summed E-state index contributed by atoms with van der Waals surface area (Å²) >= 11 is 6.36. The number of hydrogen-bond donors (Lipinski definition) is 1. The van der Waals surface area contributed by atoms with E-state index in [2.05, 4.69) is 18.3 Å². The van der Waals surface area contributed by atoms with E-state index in [0.29, 0.717) is 24.5 Å². The molecular formula is C29H33ClN2O2. The van der Waals surface area contributed by atoms with Crippen LogP contribution in [0, 0.1) is 6.92 Å². The Balaban J connectivity index is 1.95. The van der Waals surface area contributed by atoms with Crippen LogP contribution in [0.1, 0.15) is 42.0 Å². The molecule has 5 heteroatoms. The molecule has 1 N–H and O–H groups in total. The van der Waals surface area contributed by atoms with E-state index < -0.39 is 6.04 Å². The van der Waals surface area contributed by atoms with Crippen molar-refractivity contribution in [3.8, 4) is 0 Å². The first-order valence-corrected chi connectivity index (χ1v) is 12.3. The van der Waals surface area contributed by atoms with Crippen LogP contribution in [0.2, 0.25) is 5.02 Å². The summed E-state index contributed by atoms with van der Waals surface area (Å²) in [5.41, 5.74) is 3.88. The van der Waals surface area contributed by atoms with Crippen molar-refractivity contribution >= 4 is 23.4 Å². The molecule has 4 nitrogen and oxygen atoms in total. The van der Waals surface area contributed by atoms with Crippen LogP contribution in [0.3, 0.4) is 0 Å². The van der Waals surface area contributed by atoms with Crippen molar-refractivity contribution in [1.82, 2.24) is 10.2 Å². The van der Waals surface area contributed by atoms with Crippen LogP contribution in [-0.2, 0) is 29.0 Å². The second-order valence-electron chi connectivity index (χ2n) is 8.63. The number of hydrogen-bond acceptors (Lipinski definition) is 2. The summed E-state index contributed by atoms with van der Waals surface area (Å²) in [6.45, 7) is 5.06. The second kappa shape index (κ2) is 13.0. The van der Waals surface area contributed by atoms with Crippen molar-refractivity contribution in [2.24, 2.45) is 0 Å². The molecule has 0 aliphatic heterocycles. The van der Waals surface area contributed by atoms with E-state index in [1.54, 1.807) is 11.0 Å². The topological polar surface area (TPSA) is 49.4 Å². The van der Waals surface area contributed by atoms with Crippen molar-refractivity contribution < 1.29 is 9.59 Å². The smallest absolute Gasteiger partial charge is 0.243 e. The van der Waals surface area contributed by atoms with Crippen LogP contribution in [0.15, 0.2) is 78.9 Å². The number of carbonyl (C=O) groups is 2. The largest absolute Gasteiger partial charge is 0.354 e. The van der Waals surface area contributed by atoms with E-state index in [4.69, 9.17) is 11.6 Å². The predicted molar refractivity (Wildman–Crippen MR) is 139 cm³/mol. The number of amides is 2. The number of aryl methyl sites for hydroxylation is 1. The molecule has 0 heterocycles. The van der Waals surface area contributed by atoms with E-state index >= 15 is 0 Å². The number of nitrogens with one attached hydrogen (secondary N) is 1. The summed E-state index contributed by atoms with van der Waals surface area (Å²) in [7, 11) is 0. The first kappa shape index (κ1) is 25.5. The van der Waals surface area contributed by atoms with E-state index in [9.17, 15) is 9.59 Å². The minimum absolute atomic E-state index is 0.124. The van der Waals surface area contributed by atoms with Gasteiger partial charge >= 0.3 is 0 Å². The zero-order valence-electron chi connectivity index (χ0n) is 20.0.